The van der Waals surface area contributed by atoms with Crippen LogP contribution in [0.15, 0.2) is 18.2 Å². The van der Waals surface area contributed by atoms with Crippen molar-refractivity contribution in [2.24, 2.45) is 0 Å². The molecule has 3 rings (SSSR count). The minimum Gasteiger partial charge on any atom is -0.483 e. The summed E-state index contributed by atoms with van der Waals surface area (Å²) in [5.74, 6) is -0.0587. The number of carboxylic acid groups (broad SMARTS) is 1. The van der Waals surface area contributed by atoms with Crippen LogP contribution in [0, 0.1) is 5.82 Å². The first kappa shape index (κ1) is 15.8. The molecule has 0 aromatic heterocycles. The lowest BCUT2D eigenvalue weighted by molar-refractivity contribution is -0.122. The lowest BCUT2D eigenvalue weighted by Crippen LogP contribution is -2.44. The zero-order valence-corrected chi connectivity index (χ0v) is 12.6. The molecule has 1 spiro atoms. The van der Waals surface area contributed by atoms with Crippen LogP contribution in [0.1, 0.15) is 32.3 Å². The number of halogens is 1. The van der Waals surface area contributed by atoms with Crippen LogP contribution in [0.2, 0.25) is 0 Å². The van der Waals surface area contributed by atoms with Crippen molar-refractivity contribution in [1.82, 2.24) is 5.32 Å². The summed E-state index contributed by atoms with van der Waals surface area (Å²) in [5.41, 5.74) is 2.26. The molecule has 21 heavy (non-hydrogen) atoms. The molecule has 2 aliphatic rings. The summed E-state index contributed by atoms with van der Waals surface area (Å²) in [6, 6.07) is 5.94. The number of nitrogens with zero attached hydrogens (tertiary/aromatic N) is 1. The van der Waals surface area contributed by atoms with Crippen LogP contribution in [0.4, 0.5) is 10.1 Å². The van der Waals surface area contributed by atoms with Crippen LogP contribution in [0.5, 0.6) is 0 Å². The van der Waals surface area contributed by atoms with Gasteiger partial charge < -0.3 is 15.3 Å². The second-order valence-electron chi connectivity index (χ2n) is 5.99. The maximum absolute atomic E-state index is 14.2. The Hall–Kier alpha value is -1.62. The van der Waals surface area contributed by atoms with Crippen LogP contribution < -0.4 is 10.2 Å². The van der Waals surface area contributed by atoms with Gasteiger partial charge in [0.15, 0.2) is 0 Å². The minimum absolute atomic E-state index is 0.0587. The van der Waals surface area contributed by atoms with Crippen LogP contribution in [-0.4, -0.2) is 37.3 Å². The number of hydrogen-bond acceptors (Lipinski definition) is 3. The molecule has 1 aromatic rings. The van der Waals surface area contributed by atoms with Gasteiger partial charge in [-0.2, -0.15) is 0 Å². The third-order valence-electron chi connectivity index (χ3n) is 4.50. The number of anilines is 1. The van der Waals surface area contributed by atoms with E-state index in [-0.39, 0.29) is 17.7 Å². The minimum atomic E-state index is -0.250. The standard InChI is InChI=1S/C15H21FN2.CH2O2/c1-11(2)18-10-15(6-8-17-9-7-15)12-4-3-5-13(16)14(12)18;2-1-3/h3-5,11,17H,6-10H2,1-2H3;1H,(H,2,3). The third kappa shape index (κ3) is 2.88. The van der Waals surface area contributed by atoms with Gasteiger partial charge >= 0.3 is 0 Å². The van der Waals surface area contributed by atoms with Gasteiger partial charge in [-0.15, -0.1) is 0 Å². The SMILES string of the molecule is CC(C)N1CC2(CCNCC2)c2cccc(F)c21.O=CO. The summed E-state index contributed by atoms with van der Waals surface area (Å²) in [6.07, 6.45) is 2.24. The van der Waals surface area contributed by atoms with Gasteiger partial charge in [-0.3, -0.25) is 4.79 Å². The molecule has 0 unspecified atom stereocenters. The summed E-state index contributed by atoms with van der Waals surface area (Å²) in [4.78, 5) is 10.6. The number of piperidine rings is 1. The largest absolute Gasteiger partial charge is 0.483 e. The summed E-state index contributed by atoms with van der Waals surface area (Å²) in [6.45, 7) is 7.11. The molecule has 1 aromatic carbocycles. The van der Waals surface area contributed by atoms with E-state index in [1.54, 1.807) is 6.07 Å². The molecule has 1 fully saturated rings. The van der Waals surface area contributed by atoms with Crippen molar-refractivity contribution in [3.63, 3.8) is 0 Å². The highest BCUT2D eigenvalue weighted by atomic mass is 19.1. The van der Waals surface area contributed by atoms with E-state index in [1.165, 1.54) is 5.56 Å². The van der Waals surface area contributed by atoms with Gasteiger partial charge in [-0.05, 0) is 51.4 Å². The molecule has 0 saturated carbocycles. The Balaban J connectivity index is 0.000000497. The highest BCUT2D eigenvalue weighted by Crippen LogP contribution is 2.47. The Labute approximate surface area is 125 Å². The van der Waals surface area contributed by atoms with Crippen LogP contribution in [0.3, 0.4) is 0 Å². The fourth-order valence-corrected chi connectivity index (χ4v) is 3.50. The Bertz CT molecular complexity index is 499. The Kier molecular flexibility index (Phi) is 4.83. The second kappa shape index (κ2) is 6.43. The molecular formula is C16H23FN2O2. The zero-order chi connectivity index (χ0) is 15.5. The van der Waals surface area contributed by atoms with Crippen molar-refractivity contribution >= 4 is 12.2 Å². The van der Waals surface area contributed by atoms with Gasteiger partial charge in [0, 0.05) is 18.0 Å². The van der Waals surface area contributed by atoms with Gasteiger partial charge in [0.2, 0.25) is 0 Å². The molecule has 2 N–H and O–H groups in total. The number of rotatable bonds is 1. The van der Waals surface area contributed by atoms with E-state index >= 15 is 0 Å². The zero-order valence-electron chi connectivity index (χ0n) is 12.6. The lowest BCUT2D eigenvalue weighted by atomic mass is 9.75. The smallest absolute Gasteiger partial charge is 0.290 e. The van der Waals surface area contributed by atoms with Gasteiger partial charge in [-0.25, -0.2) is 4.39 Å². The summed E-state index contributed by atoms with van der Waals surface area (Å²) < 4.78 is 14.2. The van der Waals surface area contributed by atoms with E-state index in [0.717, 1.165) is 38.2 Å². The number of benzene rings is 1. The van der Waals surface area contributed by atoms with E-state index in [9.17, 15) is 4.39 Å². The maximum atomic E-state index is 14.2. The summed E-state index contributed by atoms with van der Waals surface area (Å²) >= 11 is 0. The van der Waals surface area contributed by atoms with E-state index in [4.69, 9.17) is 9.90 Å². The average molecular weight is 294 g/mol. The molecule has 116 valence electrons. The van der Waals surface area contributed by atoms with Crippen molar-refractivity contribution in [3.05, 3.63) is 29.6 Å². The highest BCUT2D eigenvalue weighted by molar-refractivity contribution is 5.64. The van der Waals surface area contributed by atoms with Crippen molar-refractivity contribution in [2.45, 2.75) is 38.1 Å². The van der Waals surface area contributed by atoms with Crippen molar-refractivity contribution in [2.75, 3.05) is 24.5 Å². The Morgan fingerprint density at radius 1 is 1.38 bits per heavy atom. The first-order chi connectivity index (χ1) is 10.1. The molecule has 4 nitrogen and oxygen atoms in total. The molecule has 2 aliphatic heterocycles. The van der Waals surface area contributed by atoms with Gasteiger partial charge in [-0.1, -0.05) is 12.1 Å². The lowest BCUT2D eigenvalue weighted by Gasteiger charge is -2.35. The van der Waals surface area contributed by atoms with Gasteiger partial charge in [0.25, 0.3) is 6.47 Å². The quantitative estimate of drug-likeness (QED) is 0.781. The molecule has 0 atom stereocenters. The fourth-order valence-electron chi connectivity index (χ4n) is 3.50. The number of fused-ring (bicyclic) bond motifs is 2. The normalized spacial score (nSPS) is 19.1. The molecule has 1 saturated heterocycles. The van der Waals surface area contributed by atoms with Crippen LogP contribution >= 0.6 is 0 Å². The summed E-state index contributed by atoms with van der Waals surface area (Å²) in [7, 11) is 0. The van der Waals surface area contributed by atoms with Crippen LogP contribution in [0.25, 0.3) is 0 Å². The predicted molar refractivity (Wildman–Crippen MR) is 81.4 cm³/mol. The average Bonchev–Trinajstić information content (AvgIpc) is 2.77. The molecule has 0 bridgehead atoms. The monoisotopic (exact) mass is 294 g/mol. The van der Waals surface area contributed by atoms with Gasteiger partial charge in [0.05, 0.1) is 5.69 Å². The number of hydrogen-bond donors (Lipinski definition) is 2. The summed E-state index contributed by atoms with van der Waals surface area (Å²) in [5, 5.41) is 10.3. The molecule has 0 radical (unpaired) electrons. The Morgan fingerprint density at radius 3 is 2.57 bits per heavy atom. The van der Waals surface area contributed by atoms with Gasteiger partial charge in [0.1, 0.15) is 5.82 Å². The maximum Gasteiger partial charge on any atom is 0.290 e. The van der Waals surface area contributed by atoms with E-state index in [2.05, 4.69) is 30.1 Å². The number of para-hydroxylation sites is 1. The van der Waals surface area contributed by atoms with Crippen LogP contribution in [-0.2, 0) is 10.2 Å². The van der Waals surface area contributed by atoms with E-state index in [1.807, 2.05) is 6.07 Å². The molecule has 2 heterocycles. The molecule has 0 aliphatic carbocycles. The first-order valence-electron chi connectivity index (χ1n) is 7.40. The van der Waals surface area contributed by atoms with E-state index in [0.29, 0.717) is 6.04 Å². The number of nitrogens with one attached hydrogen (secondary N) is 1. The predicted octanol–water partition coefficient (Wildman–Crippen LogP) is 2.38. The highest BCUT2D eigenvalue weighted by Gasteiger charge is 2.44. The molecule has 5 heteroatoms. The van der Waals surface area contributed by atoms with Crippen molar-refractivity contribution in [1.29, 1.82) is 0 Å². The first-order valence-corrected chi connectivity index (χ1v) is 7.40. The molecule has 0 amide bonds. The second-order valence-corrected chi connectivity index (χ2v) is 5.99. The third-order valence-corrected chi connectivity index (χ3v) is 4.50. The molecular weight excluding hydrogens is 271 g/mol. The van der Waals surface area contributed by atoms with Crippen molar-refractivity contribution in [3.8, 4) is 0 Å². The number of carbonyl (C=O) groups is 1. The Morgan fingerprint density at radius 2 is 2.00 bits per heavy atom. The topological polar surface area (TPSA) is 52.6 Å². The fraction of sp³-hybridized carbons (Fsp3) is 0.562. The van der Waals surface area contributed by atoms with Crippen molar-refractivity contribution < 1.29 is 14.3 Å². The van der Waals surface area contributed by atoms with E-state index < -0.39 is 0 Å².